The Labute approximate surface area is 408 Å². The Balaban J connectivity index is 1.33. The number of nitrogens with one attached hydrogen (secondary N) is 4. The molecule has 4 aromatic rings. The molecule has 4 bridgehead atoms. The van der Waals surface area contributed by atoms with E-state index in [1.165, 1.54) is 31.7 Å². The van der Waals surface area contributed by atoms with Crippen LogP contribution in [0.15, 0.2) is 66.7 Å². The molecule has 0 saturated heterocycles. The summed E-state index contributed by atoms with van der Waals surface area (Å²) in [4.78, 5) is 76.6. The molecule has 1 aliphatic heterocycles. The number of amides is 5. The second kappa shape index (κ2) is 24.8. The summed E-state index contributed by atoms with van der Waals surface area (Å²) in [5.41, 5.74) is 28.0. The lowest BCUT2D eigenvalue weighted by Gasteiger charge is -2.32. The molecule has 1 aliphatic carbocycles. The van der Waals surface area contributed by atoms with E-state index < -0.39 is 53.7 Å². The van der Waals surface area contributed by atoms with Crippen LogP contribution in [0.25, 0.3) is 22.4 Å². The fourth-order valence-corrected chi connectivity index (χ4v) is 8.76. The lowest BCUT2D eigenvalue weighted by atomic mass is 9.93. The molecule has 12 N–H and O–H groups in total. The molecule has 0 spiro atoms. The van der Waals surface area contributed by atoms with Gasteiger partial charge in [-0.1, -0.05) is 25.0 Å². The van der Waals surface area contributed by atoms with Gasteiger partial charge in [-0.3, -0.25) is 29.0 Å². The monoisotopic (exact) mass is 960 g/mol. The summed E-state index contributed by atoms with van der Waals surface area (Å²) >= 11 is 0. The number of pyridine rings is 1. The number of carbonyl (C=O) groups excluding carboxylic acids is 5. The van der Waals surface area contributed by atoms with Crippen LogP contribution >= 0.6 is 0 Å². The Bertz CT molecular complexity index is 2520. The zero-order valence-electron chi connectivity index (χ0n) is 40.1. The first-order valence-corrected chi connectivity index (χ1v) is 23.8. The van der Waals surface area contributed by atoms with Crippen LogP contribution in [0.1, 0.15) is 85.1 Å². The van der Waals surface area contributed by atoms with E-state index in [1.807, 2.05) is 30.3 Å². The highest BCUT2D eigenvalue weighted by Gasteiger charge is 2.36. The summed E-state index contributed by atoms with van der Waals surface area (Å²) in [5, 5.41) is 19.9. The quantitative estimate of drug-likeness (QED) is 0.0558. The van der Waals surface area contributed by atoms with Crippen LogP contribution in [-0.2, 0) is 25.6 Å². The van der Waals surface area contributed by atoms with Crippen molar-refractivity contribution < 1.29 is 38.2 Å². The molecule has 0 radical (unpaired) electrons. The molecule has 5 amide bonds. The van der Waals surface area contributed by atoms with Gasteiger partial charge in [0.05, 0.1) is 29.1 Å². The van der Waals surface area contributed by atoms with Gasteiger partial charge in [0, 0.05) is 48.9 Å². The molecule has 2 heterocycles. The third-order valence-corrected chi connectivity index (χ3v) is 12.3. The van der Waals surface area contributed by atoms with E-state index in [0.29, 0.717) is 45.1 Å². The summed E-state index contributed by atoms with van der Waals surface area (Å²) < 4.78 is 18.5. The number of ether oxygens (including phenoxy) is 3. The van der Waals surface area contributed by atoms with E-state index in [-0.39, 0.29) is 69.6 Å². The van der Waals surface area contributed by atoms with Crippen molar-refractivity contribution in [2.24, 2.45) is 17.2 Å². The topological polar surface area (TPSA) is 305 Å². The van der Waals surface area contributed by atoms with Crippen LogP contribution in [0.2, 0.25) is 0 Å². The Morgan fingerprint density at radius 3 is 2.16 bits per heavy atom. The number of likely N-dealkylation sites (N-methyl/N-ethyl adjacent to an activating group) is 1. The van der Waals surface area contributed by atoms with Crippen molar-refractivity contribution >= 4 is 35.2 Å². The molecular weight excluding hydrogens is 895 g/mol. The third kappa shape index (κ3) is 13.1. The SMILES string of the molecule is Cc1nc(-c2ccc(OC3CCCCCC3)cc2)cc(N)c1C(=O)NC(CCN)C(=O)N(C)C1C(=O)NC(C)C(=O)NC(C(=O)NCC#N)Cc2ccc(OCCN)c(c2)-c2cc1ccc2OCCN. The fourth-order valence-electron chi connectivity index (χ4n) is 8.76. The van der Waals surface area contributed by atoms with Crippen LogP contribution in [0.4, 0.5) is 5.69 Å². The molecule has 2 aliphatic rings. The lowest BCUT2D eigenvalue weighted by molar-refractivity contribution is -0.141. The molecule has 4 unspecified atom stereocenters. The van der Waals surface area contributed by atoms with Gasteiger partial charge < -0.3 is 63.3 Å². The molecule has 19 nitrogen and oxygen atoms in total. The number of nitrogens with two attached hydrogens (primary N) is 4. The van der Waals surface area contributed by atoms with Gasteiger partial charge in [-0.05, 0) is 118 Å². The molecule has 6 rings (SSSR count). The molecular formula is C51H65N11O8. The van der Waals surface area contributed by atoms with E-state index in [9.17, 15) is 29.2 Å². The fraction of sp³-hybridized carbons (Fsp3) is 0.431. The van der Waals surface area contributed by atoms with Crippen molar-refractivity contribution in [3.63, 3.8) is 0 Å². The first-order valence-electron chi connectivity index (χ1n) is 23.8. The van der Waals surface area contributed by atoms with Gasteiger partial charge >= 0.3 is 0 Å². The standard InChI is InChI=1S/C51H65N11O8/c1-30-45(39(56)29-41(58-30)33-11-14-36(15-12-33)70-35-8-6-4-5-7-9-35)49(65)60-40(18-19-52)51(67)62(3)46-34-13-17-44(69-25-22-55)38(28-34)37-26-32(10-16-43(37)68-24-21-54)27-42(48(64)57-23-20-53)61-47(63)31(2)59-50(46)66/h10-17,26,28-29,31,35,40,42,46H,4-9,18-19,21-25,27,52,54-55H2,1-3H3,(H2,56,58)(H,57,64)(H,59,66)(H,60,65)(H,61,63). The second-order valence-electron chi connectivity index (χ2n) is 17.5. The summed E-state index contributed by atoms with van der Waals surface area (Å²) in [6.07, 6.45) is 7.00. The minimum atomic E-state index is -1.42. The first-order chi connectivity index (χ1) is 33.8. The van der Waals surface area contributed by atoms with Gasteiger partial charge in [0.2, 0.25) is 23.6 Å². The minimum absolute atomic E-state index is 0.00401. The summed E-state index contributed by atoms with van der Waals surface area (Å²) in [6, 6.07) is 16.1. The normalized spacial score (nSPS) is 17.8. The van der Waals surface area contributed by atoms with Crippen molar-refractivity contribution in [1.29, 1.82) is 5.26 Å². The summed E-state index contributed by atoms with van der Waals surface area (Å²) in [6.45, 7) is 3.41. The minimum Gasteiger partial charge on any atom is -0.492 e. The van der Waals surface area contributed by atoms with Crippen molar-refractivity contribution in [2.75, 3.05) is 52.2 Å². The average molecular weight is 960 g/mol. The molecule has 70 heavy (non-hydrogen) atoms. The number of anilines is 1. The number of aryl methyl sites for hydroxylation is 1. The predicted octanol–water partition coefficient (Wildman–Crippen LogP) is 2.92. The van der Waals surface area contributed by atoms with E-state index in [0.717, 1.165) is 37.0 Å². The van der Waals surface area contributed by atoms with Crippen molar-refractivity contribution in [3.05, 3.63) is 89.1 Å². The zero-order chi connectivity index (χ0) is 50.3. The van der Waals surface area contributed by atoms with Gasteiger partial charge in [0.25, 0.3) is 5.91 Å². The van der Waals surface area contributed by atoms with Crippen molar-refractivity contribution in [1.82, 2.24) is 31.2 Å². The van der Waals surface area contributed by atoms with E-state index in [2.05, 4.69) is 21.3 Å². The average Bonchev–Trinajstić information content (AvgIpc) is 3.62. The number of rotatable bonds is 17. The number of nitrogens with zero attached hydrogens (tertiary/aromatic N) is 3. The summed E-state index contributed by atoms with van der Waals surface area (Å²) in [5.74, 6) is -1.93. The van der Waals surface area contributed by atoms with Crippen LogP contribution in [0.3, 0.4) is 0 Å². The molecule has 372 valence electrons. The van der Waals surface area contributed by atoms with Crippen LogP contribution in [-0.4, -0.2) is 110 Å². The maximum atomic E-state index is 14.8. The Morgan fingerprint density at radius 1 is 0.871 bits per heavy atom. The van der Waals surface area contributed by atoms with Crippen LogP contribution in [0.5, 0.6) is 17.2 Å². The zero-order valence-corrected chi connectivity index (χ0v) is 40.1. The number of fused-ring (bicyclic) bond motifs is 5. The van der Waals surface area contributed by atoms with Gasteiger partial charge in [-0.25, -0.2) is 0 Å². The second-order valence-corrected chi connectivity index (χ2v) is 17.5. The largest absolute Gasteiger partial charge is 0.492 e. The number of hydrogen-bond donors (Lipinski definition) is 8. The number of nitrogen functional groups attached to an aromatic ring is 1. The molecule has 4 atom stereocenters. The predicted molar refractivity (Wildman–Crippen MR) is 264 cm³/mol. The van der Waals surface area contributed by atoms with Gasteiger partial charge in [-0.15, -0.1) is 0 Å². The van der Waals surface area contributed by atoms with Crippen LogP contribution in [0, 0.1) is 18.3 Å². The number of aromatic nitrogens is 1. The third-order valence-electron chi connectivity index (χ3n) is 12.3. The highest BCUT2D eigenvalue weighted by atomic mass is 16.5. The number of nitriles is 1. The summed E-state index contributed by atoms with van der Waals surface area (Å²) in [7, 11) is 1.41. The first kappa shape index (κ1) is 52.1. The highest BCUT2D eigenvalue weighted by molar-refractivity contribution is 6.03. The molecule has 1 aromatic heterocycles. The van der Waals surface area contributed by atoms with E-state index in [1.54, 1.807) is 49.4 Å². The van der Waals surface area contributed by atoms with Gasteiger partial charge in [-0.2, -0.15) is 5.26 Å². The van der Waals surface area contributed by atoms with Gasteiger partial charge in [0.1, 0.15) is 61.2 Å². The van der Waals surface area contributed by atoms with Gasteiger partial charge in [0.15, 0.2) is 0 Å². The number of hydrogen-bond acceptors (Lipinski definition) is 14. The molecule has 19 heteroatoms. The number of carbonyl (C=O) groups is 5. The molecule has 3 aromatic carbocycles. The molecule has 1 fully saturated rings. The number of benzene rings is 3. The lowest BCUT2D eigenvalue weighted by Crippen LogP contribution is -2.56. The Morgan fingerprint density at radius 2 is 1.53 bits per heavy atom. The van der Waals surface area contributed by atoms with Crippen molar-refractivity contribution in [2.45, 2.75) is 95.5 Å². The smallest absolute Gasteiger partial charge is 0.255 e. The van der Waals surface area contributed by atoms with E-state index in [4.69, 9.17) is 42.1 Å². The van der Waals surface area contributed by atoms with E-state index >= 15 is 0 Å². The van der Waals surface area contributed by atoms with Crippen molar-refractivity contribution in [3.8, 4) is 45.7 Å². The molecule has 1 saturated carbocycles. The maximum absolute atomic E-state index is 14.8. The Hall–Kier alpha value is -7.27. The highest BCUT2D eigenvalue weighted by Crippen LogP contribution is 2.40. The Kier molecular flexibility index (Phi) is 18.5. The maximum Gasteiger partial charge on any atom is 0.255 e. The van der Waals surface area contributed by atoms with Crippen LogP contribution < -0.4 is 58.4 Å².